The molecule has 0 bridgehead atoms. The number of rotatable bonds is 6. The monoisotopic (exact) mass is 292 g/mol. The molecule has 21 heavy (non-hydrogen) atoms. The van der Waals surface area contributed by atoms with E-state index in [4.69, 9.17) is 19.5 Å². The first-order valence-electron chi connectivity index (χ1n) is 6.49. The Morgan fingerprint density at radius 3 is 2.19 bits per heavy atom. The fourth-order valence-corrected chi connectivity index (χ4v) is 1.85. The first kappa shape index (κ1) is 16.6. The van der Waals surface area contributed by atoms with E-state index in [0.717, 1.165) is 0 Å². The molecule has 6 nitrogen and oxygen atoms in total. The van der Waals surface area contributed by atoms with Gasteiger partial charge in [0.2, 0.25) is 5.75 Å². The average molecular weight is 292 g/mol. The molecule has 1 aromatic rings. The molecule has 1 N–H and O–H groups in total. The van der Waals surface area contributed by atoms with Crippen molar-refractivity contribution in [3.05, 3.63) is 17.7 Å². The van der Waals surface area contributed by atoms with Crippen LogP contribution < -0.4 is 19.5 Å². The number of carbonyl (C=O) groups is 1. The Morgan fingerprint density at radius 1 is 1.14 bits per heavy atom. The first-order valence-corrected chi connectivity index (χ1v) is 6.49. The maximum atomic E-state index is 12.3. The van der Waals surface area contributed by atoms with Crippen molar-refractivity contribution in [2.75, 3.05) is 21.3 Å². The molecule has 0 saturated carbocycles. The highest BCUT2D eigenvalue weighted by Gasteiger charge is 2.23. The van der Waals surface area contributed by atoms with Crippen LogP contribution in [0.15, 0.2) is 12.1 Å². The number of nitrogens with zero attached hydrogens (tertiary/aromatic N) is 1. The third-order valence-corrected chi connectivity index (χ3v) is 3.04. The molecule has 1 aromatic carbocycles. The van der Waals surface area contributed by atoms with E-state index >= 15 is 0 Å². The molecule has 1 unspecified atom stereocenters. The highest BCUT2D eigenvalue weighted by Crippen LogP contribution is 2.39. The van der Waals surface area contributed by atoms with Crippen molar-refractivity contribution in [3.63, 3.8) is 0 Å². The van der Waals surface area contributed by atoms with Gasteiger partial charge in [-0.15, -0.1) is 0 Å². The summed E-state index contributed by atoms with van der Waals surface area (Å²) in [5.41, 5.74) is 0.288. The first-order chi connectivity index (χ1) is 9.99. The molecule has 6 heteroatoms. The topological polar surface area (TPSA) is 80.6 Å². The van der Waals surface area contributed by atoms with E-state index in [1.165, 1.54) is 21.3 Å². The number of hydrogen-bond acceptors (Lipinski definition) is 5. The lowest BCUT2D eigenvalue weighted by molar-refractivity contribution is 0.0934. The number of hydrogen-bond donors (Lipinski definition) is 1. The van der Waals surface area contributed by atoms with E-state index in [9.17, 15) is 4.79 Å². The predicted molar refractivity (Wildman–Crippen MR) is 77.8 cm³/mol. The zero-order chi connectivity index (χ0) is 16.0. The smallest absolute Gasteiger partial charge is 0.256 e. The SMILES string of the molecule is COc1ccc(C(=O)NC(C#N)C(C)C)c(OC)c1OC. The summed E-state index contributed by atoms with van der Waals surface area (Å²) in [6.45, 7) is 3.72. The van der Waals surface area contributed by atoms with Gasteiger partial charge in [-0.05, 0) is 18.1 Å². The summed E-state index contributed by atoms with van der Waals surface area (Å²) in [6, 6.07) is 4.68. The van der Waals surface area contributed by atoms with Gasteiger partial charge >= 0.3 is 0 Å². The number of methoxy groups -OCH3 is 3. The number of amides is 1. The molecule has 114 valence electrons. The lowest BCUT2D eigenvalue weighted by Gasteiger charge is -2.18. The average Bonchev–Trinajstić information content (AvgIpc) is 2.49. The molecule has 1 rings (SSSR count). The van der Waals surface area contributed by atoms with E-state index in [1.807, 2.05) is 13.8 Å². The van der Waals surface area contributed by atoms with Gasteiger partial charge in [0, 0.05) is 0 Å². The third-order valence-electron chi connectivity index (χ3n) is 3.04. The van der Waals surface area contributed by atoms with Crippen LogP contribution in [0.2, 0.25) is 0 Å². The molecule has 0 aromatic heterocycles. The molecular formula is C15H20N2O4. The van der Waals surface area contributed by atoms with Crippen LogP contribution >= 0.6 is 0 Å². The van der Waals surface area contributed by atoms with Gasteiger partial charge in [-0.2, -0.15) is 5.26 Å². The van der Waals surface area contributed by atoms with Crippen LogP contribution in [-0.2, 0) is 0 Å². The summed E-state index contributed by atoms with van der Waals surface area (Å²) < 4.78 is 15.7. The second-order valence-electron chi connectivity index (χ2n) is 4.71. The number of benzene rings is 1. The Hall–Kier alpha value is -2.42. The predicted octanol–water partition coefficient (Wildman–Crippen LogP) is 1.99. The molecule has 1 amide bonds. The number of carbonyl (C=O) groups excluding carboxylic acids is 1. The molecule has 0 spiro atoms. The van der Waals surface area contributed by atoms with Crippen LogP contribution in [0.25, 0.3) is 0 Å². The van der Waals surface area contributed by atoms with E-state index in [2.05, 4.69) is 11.4 Å². The van der Waals surface area contributed by atoms with Crippen LogP contribution in [0, 0.1) is 17.2 Å². The Bertz CT molecular complexity index is 549. The van der Waals surface area contributed by atoms with Gasteiger partial charge in [-0.25, -0.2) is 0 Å². The summed E-state index contributed by atoms with van der Waals surface area (Å²) >= 11 is 0. The highest BCUT2D eigenvalue weighted by molar-refractivity contribution is 5.98. The van der Waals surface area contributed by atoms with Crippen LogP contribution in [0.1, 0.15) is 24.2 Å². The number of nitriles is 1. The number of ether oxygens (including phenoxy) is 3. The molecule has 0 aliphatic heterocycles. The highest BCUT2D eigenvalue weighted by atomic mass is 16.5. The van der Waals surface area contributed by atoms with Crippen molar-refractivity contribution in [2.45, 2.75) is 19.9 Å². The maximum Gasteiger partial charge on any atom is 0.256 e. The van der Waals surface area contributed by atoms with Gasteiger partial charge in [0.05, 0.1) is 33.0 Å². The van der Waals surface area contributed by atoms with Crippen LogP contribution in [-0.4, -0.2) is 33.3 Å². The summed E-state index contributed by atoms with van der Waals surface area (Å²) in [4.78, 5) is 12.3. The molecule has 0 radical (unpaired) electrons. The molecule has 0 saturated heterocycles. The van der Waals surface area contributed by atoms with Crippen molar-refractivity contribution < 1.29 is 19.0 Å². The second kappa shape index (κ2) is 7.39. The van der Waals surface area contributed by atoms with E-state index in [1.54, 1.807) is 12.1 Å². The zero-order valence-corrected chi connectivity index (χ0v) is 12.9. The van der Waals surface area contributed by atoms with Crippen molar-refractivity contribution in [1.29, 1.82) is 5.26 Å². The van der Waals surface area contributed by atoms with Crippen molar-refractivity contribution in [3.8, 4) is 23.3 Å². The summed E-state index contributed by atoms with van der Waals surface area (Å²) in [7, 11) is 4.41. The van der Waals surface area contributed by atoms with Gasteiger partial charge in [0.15, 0.2) is 11.5 Å². The van der Waals surface area contributed by atoms with Crippen LogP contribution in [0.4, 0.5) is 0 Å². The normalized spacial score (nSPS) is 11.5. The maximum absolute atomic E-state index is 12.3. The lowest BCUT2D eigenvalue weighted by atomic mass is 10.0. The van der Waals surface area contributed by atoms with Crippen molar-refractivity contribution >= 4 is 5.91 Å². The van der Waals surface area contributed by atoms with Gasteiger partial charge in [-0.3, -0.25) is 4.79 Å². The zero-order valence-electron chi connectivity index (χ0n) is 12.9. The van der Waals surface area contributed by atoms with Crippen molar-refractivity contribution in [1.82, 2.24) is 5.32 Å². The molecule has 1 atom stereocenters. The Balaban J connectivity index is 3.19. The largest absolute Gasteiger partial charge is 0.493 e. The minimum Gasteiger partial charge on any atom is -0.493 e. The molecule has 0 fully saturated rings. The third kappa shape index (κ3) is 3.57. The second-order valence-corrected chi connectivity index (χ2v) is 4.71. The van der Waals surface area contributed by atoms with Crippen LogP contribution in [0.3, 0.4) is 0 Å². The Kier molecular flexibility index (Phi) is 5.85. The quantitative estimate of drug-likeness (QED) is 0.867. The van der Waals surface area contributed by atoms with E-state index in [-0.39, 0.29) is 17.2 Å². The van der Waals surface area contributed by atoms with E-state index < -0.39 is 11.9 Å². The molecule has 0 aliphatic carbocycles. The standard InChI is InChI=1S/C15H20N2O4/c1-9(2)11(8-16)17-15(18)10-6-7-12(19-3)14(21-5)13(10)20-4/h6-7,9,11H,1-5H3,(H,17,18). The van der Waals surface area contributed by atoms with Crippen molar-refractivity contribution in [2.24, 2.45) is 5.92 Å². The number of nitrogens with one attached hydrogen (secondary N) is 1. The lowest BCUT2D eigenvalue weighted by Crippen LogP contribution is -2.37. The summed E-state index contributed by atoms with van der Waals surface area (Å²) in [6.07, 6.45) is 0. The summed E-state index contributed by atoms with van der Waals surface area (Å²) in [5.74, 6) is 0.685. The van der Waals surface area contributed by atoms with Crippen LogP contribution in [0.5, 0.6) is 17.2 Å². The summed E-state index contributed by atoms with van der Waals surface area (Å²) in [5, 5.41) is 11.7. The van der Waals surface area contributed by atoms with Gasteiger partial charge < -0.3 is 19.5 Å². The minimum atomic E-state index is -0.574. The van der Waals surface area contributed by atoms with Gasteiger partial charge in [0.25, 0.3) is 5.91 Å². The molecule has 0 heterocycles. The fraction of sp³-hybridized carbons (Fsp3) is 0.467. The Morgan fingerprint density at radius 2 is 1.76 bits per heavy atom. The fourth-order valence-electron chi connectivity index (χ4n) is 1.85. The van der Waals surface area contributed by atoms with E-state index in [0.29, 0.717) is 11.5 Å². The molecular weight excluding hydrogens is 272 g/mol. The van der Waals surface area contributed by atoms with Gasteiger partial charge in [-0.1, -0.05) is 13.8 Å². The molecule has 0 aliphatic rings. The minimum absolute atomic E-state index is 0.00471. The Labute approximate surface area is 124 Å². The van der Waals surface area contributed by atoms with Gasteiger partial charge in [0.1, 0.15) is 6.04 Å².